The fraction of sp³-hybridized carbons (Fsp3) is 0.412. The van der Waals surface area contributed by atoms with Gasteiger partial charge in [-0.1, -0.05) is 39.0 Å². The Morgan fingerprint density at radius 1 is 1.25 bits per heavy atom. The van der Waals surface area contributed by atoms with Crippen molar-refractivity contribution in [1.82, 2.24) is 4.98 Å². The van der Waals surface area contributed by atoms with Crippen LogP contribution in [-0.2, 0) is 18.3 Å². The number of carbonyl (C=O) groups is 1. The van der Waals surface area contributed by atoms with Crippen LogP contribution in [0.1, 0.15) is 59.4 Å². The van der Waals surface area contributed by atoms with Gasteiger partial charge in [0.25, 0.3) is 0 Å². The summed E-state index contributed by atoms with van der Waals surface area (Å²) in [5.74, 6) is 0.288. The van der Waals surface area contributed by atoms with Crippen LogP contribution in [0, 0.1) is 0 Å². The smallest absolute Gasteiger partial charge is 0.163 e. The van der Waals surface area contributed by atoms with Gasteiger partial charge in [0.1, 0.15) is 0 Å². The van der Waals surface area contributed by atoms with Crippen LogP contribution >= 0.6 is 11.3 Å². The van der Waals surface area contributed by atoms with Crippen molar-refractivity contribution in [1.29, 1.82) is 0 Å². The quantitative estimate of drug-likeness (QED) is 0.829. The van der Waals surface area contributed by atoms with Crippen molar-refractivity contribution < 1.29 is 4.79 Å². The fourth-order valence-corrected chi connectivity index (χ4v) is 3.67. The molecule has 20 heavy (non-hydrogen) atoms. The van der Waals surface area contributed by atoms with Gasteiger partial charge in [-0.2, -0.15) is 0 Å². The zero-order valence-corrected chi connectivity index (χ0v) is 13.0. The molecule has 1 aliphatic carbocycles. The maximum atomic E-state index is 11.8. The first-order valence-electron chi connectivity index (χ1n) is 7.04. The molecule has 0 amide bonds. The normalized spacial score (nSPS) is 14.7. The molecule has 0 bridgehead atoms. The van der Waals surface area contributed by atoms with Crippen LogP contribution in [0.5, 0.6) is 0 Å². The molecular weight excluding hydrogens is 266 g/mol. The molecule has 0 spiro atoms. The summed E-state index contributed by atoms with van der Waals surface area (Å²) in [6, 6.07) is 6.09. The van der Waals surface area contributed by atoms with Gasteiger partial charge >= 0.3 is 0 Å². The van der Waals surface area contributed by atoms with Crippen molar-refractivity contribution in [2.24, 2.45) is 0 Å². The van der Waals surface area contributed by atoms with Crippen LogP contribution in [0.25, 0.3) is 0 Å². The van der Waals surface area contributed by atoms with Crippen molar-refractivity contribution in [2.45, 2.75) is 45.4 Å². The Labute approximate surface area is 123 Å². The molecule has 2 aromatic rings. The highest BCUT2D eigenvalue weighted by atomic mass is 32.1. The third kappa shape index (κ3) is 2.42. The third-order valence-electron chi connectivity index (χ3n) is 3.84. The lowest BCUT2D eigenvalue weighted by Gasteiger charge is -2.14. The molecule has 104 valence electrons. The maximum Gasteiger partial charge on any atom is 0.163 e. The predicted molar refractivity (Wildman–Crippen MR) is 82.7 cm³/mol. The number of benzene rings is 1. The number of hydrogen-bond donors (Lipinski definition) is 0. The zero-order chi connectivity index (χ0) is 14.3. The average molecular weight is 285 g/mol. The van der Waals surface area contributed by atoms with Gasteiger partial charge < -0.3 is 0 Å². The molecule has 0 saturated heterocycles. The van der Waals surface area contributed by atoms with E-state index in [1.54, 1.807) is 11.3 Å². The highest BCUT2D eigenvalue weighted by molar-refractivity contribution is 7.09. The number of fused-ring (bicyclic) bond motifs is 1. The molecule has 0 aliphatic heterocycles. The summed E-state index contributed by atoms with van der Waals surface area (Å²) in [6.45, 7) is 6.56. The van der Waals surface area contributed by atoms with Crippen LogP contribution in [-0.4, -0.2) is 10.8 Å². The second-order valence-electron chi connectivity index (χ2n) is 6.42. The van der Waals surface area contributed by atoms with Crippen LogP contribution in [0.15, 0.2) is 23.6 Å². The van der Waals surface area contributed by atoms with Gasteiger partial charge in [0.2, 0.25) is 0 Å². The van der Waals surface area contributed by atoms with Gasteiger partial charge in [-0.05, 0) is 17.5 Å². The van der Waals surface area contributed by atoms with Gasteiger partial charge in [0.15, 0.2) is 5.78 Å². The molecule has 0 radical (unpaired) electrons. The highest BCUT2D eigenvalue weighted by Crippen LogP contribution is 2.29. The lowest BCUT2D eigenvalue weighted by molar-refractivity contribution is 0.0994. The van der Waals surface area contributed by atoms with Gasteiger partial charge in [-0.25, -0.2) is 4.98 Å². The van der Waals surface area contributed by atoms with Crippen molar-refractivity contribution in [2.75, 3.05) is 0 Å². The third-order valence-corrected chi connectivity index (χ3v) is 4.69. The second-order valence-corrected chi connectivity index (χ2v) is 7.36. The SMILES string of the molecule is CC(C)(C)c1csc(Cc2cccc3c2CCC3=O)n1. The number of carbonyl (C=O) groups excluding carboxylic acids is 1. The first-order chi connectivity index (χ1) is 9.45. The molecule has 0 N–H and O–H groups in total. The van der Waals surface area contributed by atoms with E-state index in [-0.39, 0.29) is 11.2 Å². The predicted octanol–water partition coefficient (Wildman–Crippen LogP) is 4.16. The van der Waals surface area contributed by atoms with Gasteiger partial charge in [-0.3, -0.25) is 4.79 Å². The minimum absolute atomic E-state index is 0.101. The summed E-state index contributed by atoms with van der Waals surface area (Å²) in [5.41, 5.74) is 4.69. The second kappa shape index (κ2) is 4.81. The molecule has 0 atom stereocenters. The number of Topliss-reactive ketones (excluding diaryl/α,β-unsaturated/α-hetero) is 1. The van der Waals surface area contributed by atoms with E-state index in [9.17, 15) is 4.79 Å². The first kappa shape index (κ1) is 13.5. The number of rotatable bonds is 2. The number of aromatic nitrogens is 1. The molecule has 1 aliphatic rings. The molecule has 0 saturated carbocycles. The van der Waals surface area contributed by atoms with E-state index >= 15 is 0 Å². The van der Waals surface area contributed by atoms with E-state index in [1.807, 2.05) is 12.1 Å². The van der Waals surface area contributed by atoms with Crippen molar-refractivity contribution in [3.8, 4) is 0 Å². The molecule has 2 nitrogen and oxygen atoms in total. The van der Waals surface area contributed by atoms with Crippen LogP contribution in [0.3, 0.4) is 0 Å². The summed E-state index contributed by atoms with van der Waals surface area (Å²) in [4.78, 5) is 16.5. The fourth-order valence-electron chi connectivity index (χ4n) is 2.63. The minimum Gasteiger partial charge on any atom is -0.294 e. The summed E-state index contributed by atoms with van der Waals surface area (Å²) in [6.07, 6.45) is 2.40. The van der Waals surface area contributed by atoms with Crippen LogP contribution < -0.4 is 0 Å². The van der Waals surface area contributed by atoms with E-state index in [4.69, 9.17) is 4.98 Å². The average Bonchev–Trinajstić information content (AvgIpc) is 2.98. The molecule has 1 aromatic heterocycles. The minimum atomic E-state index is 0.101. The van der Waals surface area contributed by atoms with E-state index in [0.29, 0.717) is 6.42 Å². The van der Waals surface area contributed by atoms with Gasteiger partial charge in [0.05, 0.1) is 10.7 Å². The zero-order valence-electron chi connectivity index (χ0n) is 12.2. The molecule has 1 heterocycles. The van der Waals surface area contributed by atoms with E-state index in [2.05, 4.69) is 32.2 Å². The molecule has 1 aromatic carbocycles. The van der Waals surface area contributed by atoms with Gasteiger partial charge in [-0.15, -0.1) is 11.3 Å². The van der Waals surface area contributed by atoms with E-state index in [1.165, 1.54) is 11.1 Å². The Balaban J connectivity index is 1.89. The largest absolute Gasteiger partial charge is 0.294 e. The summed E-state index contributed by atoms with van der Waals surface area (Å²) in [5, 5.41) is 3.30. The number of thiazole rings is 1. The van der Waals surface area contributed by atoms with Crippen molar-refractivity contribution >= 4 is 17.1 Å². The monoisotopic (exact) mass is 285 g/mol. The Hall–Kier alpha value is -1.48. The maximum absolute atomic E-state index is 11.8. The Bertz CT molecular complexity index is 664. The van der Waals surface area contributed by atoms with Gasteiger partial charge in [0, 0.05) is 29.2 Å². The van der Waals surface area contributed by atoms with E-state index < -0.39 is 0 Å². The standard InChI is InChI=1S/C17H19NOS/c1-17(2,3)15-10-20-16(18-15)9-11-5-4-6-13-12(11)7-8-14(13)19/h4-6,10H,7-9H2,1-3H3. The molecular formula is C17H19NOS. The lowest BCUT2D eigenvalue weighted by atomic mass is 9.93. The Morgan fingerprint density at radius 3 is 2.75 bits per heavy atom. The Kier molecular flexibility index (Phi) is 3.25. The molecule has 0 fully saturated rings. The highest BCUT2D eigenvalue weighted by Gasteiger charge is 2.23. The molecule has 3 rings (SSSR count). The number of hydrogen-bond acceptors (Lipinski definition) is 3. The summed E-state index contributed by atoms with van der Waals surface area (Å²) >= 11 is 1.72. The van der Waals surface area contributed by atoms with E-state index in [0.717, 1.165) is 29.1 Å². The van der Waals surface area contributed by atoms with Crippen LogP contribution in [0.2, 0.25) is 0 Å². The van der Waals surface area contributed by atoms with Crippen molar-refractivity contribution in [3.63, 3.8) is 0 Å². The van der Waals surface area contributed by atoms with Crippen LogP contribution in [0.4, 0.5) is 0 Å². The molecule has 0 unspecified atom stereocenters. The summed E-state index contributed by atoms with van der Waals surface area (Å²) in [7, 11) is 0. The first-order valence-corrected chi connectivity index (χ1v) is 7.92. The van der Waals surface area contributed by atoms with Crippen molar-refractivity contribution in [3.05, 3.63) is 51.0 Å². The summed E-state index contributed by atoms with van der Waals surface area (Å²) < 4.78 is 0. The number of nitrogens with zero attached hydrogens (tertiary/aromatic N) is 1. The molecule has 3 heteroatoms. The topological polar surface area (TPSA) is 30.0 Å². The Morgan fingerprint density at radius 2 is 2.05 bits per heavy atom. The number of ketones is 1. The lowest BCUT2D eigenvalue weighted by Crippen LogP contribution is -2.11.